The Balaban J connectivity index is 1.55. The molecule has 0 spiro atoms. The molecular weight excluding hydrogens is 358 g/mol. The van der Waals surface area contributed by atoms with Crippen molar-refractivity contribution in [3.8, 4) is 17.0 Å². The Morgan fingerprint density at radius 3 is 2.73 bits per heavy atom. The highest BCUT2D eigenvalue weighted by Crippen LogP contribution is 2.24. The molecule has 0 saturated carbocycles. The van der Waals surface area contributed by atoms with Gasteiger partial charge in [0.1, 0.15) is 19.0 Å². The van der Waals surface area contributed by atoms with E-state index >= 15 is 0 Å². The Morgan fingerprint density at radius 2 is 1.96 bits per heavy atom. The molecule has 0 aliphatic heterocycles. The van der Waals surface area contributed by atoms with Crippen LogP contribution in [0.15, 0.2) is 42.6 Å². The van der Waals surface area contributed by atoms with E-state index in [4.69, 9.17) is 25.8 Å². The van der Waals surface area contributed by atoms with Gasteiger partial charge in [0.2, 0.25) is 5.28 Å². The van der Waals surface area contributed by atoms with Crippen molar-refractivity contribution in [1.82, 2.24) is 14.6 Å². The molecule has 0 unspecified atom stereocenters. The van der Waals surface area contributed by atoms with Gasteiger partial charge in [-0.05, 0) is 54.9 Å². The van der Waals surface area contributed by atoms with Crippen LogP contribution in [0.2, 0.25) is 5.28 Å². The maximum Gasteiger partial charge on any atom is 0.332 e. The van der Waals surface area contributed by atoms with E-state index in [9.17, 15) is 4.79 Å². The third-order valence-corrected chi connectivity index (χ3v) is 3.72. The van der Waals surface area contributed by atoms with Crippen LogP contribution < -0.4 is 4.74 Å². The summed E-state index contributed by atoms with van der Waals surface area (Å²) in [5.41, 5.74) is 2.75. The number of hydrogen-bond donors (Lipinski definition) is 0. The minimum atomic E-state index is -0.375. The summed E-state index contributed by atoms with van der Waals surface area (Å²) in [6.45, 7) is 2.68. The van der Waals surface area contributed by atoms with Crippen molar-refractivity contribution < 1.29 is 19.0 Å². The first-order chi connectivity index (χ1) is 12.7. The van der Waals surface area contributed by atoms with E-state index in [1.165, 1.54) is 0 Å². The van der Waals surface area contributed by atoms with Gasteiger partial charge in [0.15, 0.2) is 0 Å². The van der Waals surface area contributed by atoms with Gasteiger partial charge in [0.25, 0.3) is 0 Å². The van der Waals surface area contributed by atoms with Crippen LogP contribution in [0.4, 0.5) is 0 Å². The molecule has 26 heavy (non-hydrogen) atoms. The normalized spacial score (nSPS) is 10.8. The van der Waals surface area contributed by atoms with Gasteiger partial charge in [-0.3, -0.25) is 0 Å². The van der Waals surface area contributed by atoms with Gasteiger partial charge in [-0.15, -0.1) is 5.10 Å². The molecule has 0 aliphatic rings. The first-order valence-electron chi connectivity index (χ1n) is 8.14. The van der Waals surface area contributed by atoms with Crippen LogP contribution in [0, 0.1) is 0 Å². The number of rotatable bonds is 8. The van der Waals surface area contributed by atoms with E-state index in [1.54, 1.807) is 17.6 Å². The van der Waals surface area contributed by atoms with Crippen molar-refractivity contribution in [3.05, 3.63) is 47.9 Å². The van der Waals surface area contributed by atoms with E-state index < -0.39 is 0 Å². The second-order valence-corrected chi connectivity index (χ2v) is 5.65. The lowest BCUT2D eigenvalue weighted by Gasteiger charge is -2.08. The quantitative estimate of drug-likeness (QED) is 0.445. The van der Waals surface area contributed by atoms with Crippen molar-refractivity contribution in [2.75, 3.05) is 26.4 Å². The van der Waals surface area contributed by atoms with Crippen LogP contribution in [0.5, 0.6) is 5.75 Å². The van der Waals surface area contributed by atoms with E-state index in [0.717, 1.165) is 16.8 Å². The summed E-state index contributed by atoms with van der Waals surface area (Å²) < 4.78 is 17.3. The van der Waals surface area contributed by atoms with Crippen LogP contribution >= 0.6 is 11.6 Å². The molecule has 0 aliphatic carbocycles. The Morgan fingerprint density at radius 1 is 1.15 bits per heavy atom. The molecular formula is C18H18ClN3O4. The molecule has 0 saturated heterocycles. The number of halogens is 1. The second-order valence-electron chi connectivity index (χ2n) is 5.31. The molecule has 2 heterocycles. The number of hydrogen-bond acceptors (Lipinski definition) is 6. The third-order valence-electron chi connectivity index (χ3n) is 3.54. The fourth-order valence-electron chi connectivity index (χ4n) is 2.40. The summed E-state index contributed by atoms with van der Waals surface area (Å²) in [4.78, 5) is 15.1. The van der Waals surface area contributed by atoms with Gasteiger partial charge < -0.3 is 14.2 Å². The molecule has 0 amide bonds. The fourth-order valence-corrected chi connectivity index (χ4v) is 2.52. The first-order valence-corrected chi connectivity index (χ1v) is 8.52. The summed E-state index contributed by atoms with van der Waals surface area (Å²) >= 11 is 5.88. The summed E-state index contributed by atoms with van der Waals surface area (Å²) in [7, 11) is 0. The largest absolute Gasteiger partial charge is 0.491 e. The number of esters is 1. The van der Waals surface area contributed by atoms with E-state index in [2.05, 4.69) is 10.1 Å². The number of aromatic nitrogens is 3. The molecule has 0 N–H and O–H groups in total. The lowest BCUT2D eigenvalue weighted by atomic mass is 10.1. The van der Waals surface area contributed by atoms with Crippen LogP contribution in [0.25, 0.3) is 16.8 Å². The maximum atomic E-state index is 11.1. The third kappa shape index (κ3) is 4.50. The smallest absolute Gasteiger partial charge is 0.332 e. The van der Waals surface area contributed by atoms with Gasteiger partial charge in [0.05, 0.1) is 30.6 Å². The van der Waals surface area contributed by atoms with Crippen molar-refractivity contribution in [1.29, 1.82) is 0 Å². The zero-order chi connectivity index (χ0) is 18.4. The summed E-state index contributed by atoms with van der Waals surface area (Å²) in [6, 6.07) is 11.5. The number of ether oxygens (including phenoxy) is 3. The van der Waals surface area contributed by atoms with E-state index in [1.807, 2.05) is 36.4 Å². The molecule has 0 fully saturated rings. The Hall–Kier alpha value is -2.64. The topological polar surface area (TPSA) is 75.0 Å². The predicted octanol–water partition coefficient (Wildman–Crippen LogP) is 3.01. The summed E-state index contributed by atoms with van der Waals surface area (Å²) in [5.74, 6) is 0.335. The van der Waals surface area contributed by atoms with Crippen molar-refractivity contribution in [2.45, 2.75) is 6.92 Å². The molecule has 0 atom stereocenters. The molecule has 3 rings (SSSR count). The Kier molecular flexibility index (Phi) is 6.04. The highest BCUT2D eigenvalue weighted by Gasteiger charge is 2.07. The molecule has 0 radical (unpaired) electrons. The maximum absolute atomic E-state index is 11.1. The van der Waals surface area contributed by atoms with Crippen LogP contribution in [0.3, 0.4) is 0 Å². The monoisotopic (exact) mass is 375 g/mol. The molecule has 136 valence electrons. The predicted molar refractivity (Wildman–Crippen MR) is 96.4 cm³/mol. The molecule has 3 aromatic rings. The zero-order valence-corrected chi connectivity index (χ0v) is 15.0. The summed E-state index contributed by atoms with van der Waals surface area (Å²) in [6.07, 6.45) is 1.67. The zero-order valence-electron chi connectivity index (χ0n) is 14.2. The van der Waals surface area contributed by atoms with Crippen LogP contribution in [-0.2, 0) is 14.3 Å². The van der Waals surface area contributed by atoms with Gasteiger partial charge in [-0.25, -0.2) is 14.3 Å². The van der Waals surface area contributed by atoms with E-state index in [-0.39, 0.29) is 17.9 Å². The SMILES string of the molecule is CCOC(=O)COCCOc1ccc(-c2ccc3cnc(Cl)nn23)cc1. The Labute approximate surface area is 155 Å². The average Bonchev–Trinajstić information content (AvgIpc) is 3.05. The van der Waals surface area contributed by atoms with Gasteiger partial charge >= 0.3 is 5.97 Å². The van der Waals surface area contributed by atoms with Crippen LogP contribution in [0.1, 0.15) is 6.92 Å². The van der Waals surface area contributed by atoms with Gasteiger partial charge in [-0.2, -0.15) is 0 Å². The highest BCUT2D eigenvalue weighted by molar-refractivity contribution is 6.28. The van der Waals surface area contributed by atoms with Gasteiger partial charge in [0, 0.05) is 5.56 Å². The number of carbonyl (C=O) groups excluding carboxylic acids is 1. The number of carbonyl (C=O) groups is 1. The van der Waals surface area contributed by atoms with Crippen molar-refractivity contribution >= 4 is 23.1 Å². The van der Waals surface area contributed by atoms with Crippen molar-refractivity contribution in [3.63, 3.8) is 0 Å². The average molecular weight is 376 g/mol. The number of benzene rings is 1. The lowest BCUT2D eigenvalue weighted by molar-refractivity contribution is -0.148. The fraction of sp³-hybridized carbons (Fsp3) is 0.278. The van der Waals surface area contributed by atoms with Crippen LogP contribution in [-0.4, -0.2) is 47.0 Å². The Bertz CT molecular complexity index is 880. The van der Waals surface area contributed by atoms with Gasteiger partial charge in [-0.1, -0.05) is 0 Å². The van der Waals surface area contributed by atoms with Crippen molar-refractivity contribution in [2.24, 2.45) is 0 Å². The minimum absolute atomic E-state index is 0.0676. The van der Waals surface area contributed by atoms with E-state index in [0.29, 0.717) is 25.6 Å². The molecule has 0 bridgehead atoms. The first kappa shape index (κ1) is 18.2. The highest BCUT2D eigenvalue weighted by atomic mass is 35.5. The number of nitrogens with zero attached hydrogens (tertiary/aromatic N) is 3. The standard InChI is InChI=1S/C18H18ClN3O4/c1-2-25-17(23)12-24-9-10-26-15-6-3-13(4-7-15)16-8-5-14-11-20-18(19)21-22(14)16/h3-8,11H,2,9-10,12H2,1H3. The summed E-state index contributed by atoms with van der Waals surface area (Å²) in [5, 5.41) is 4.41. The second kappa shape index (κ2) is 8.64. The molecule has 7 nitrogen and oxygen atoms in total. The molecule has 1 aromatic carbocycles. The molecule has 8 heteroatoms. The number of fused-ring (bicyclic) bond motifs is 1. The minimum Gasteiger partial charge on any atom is -0.491 e. The lowest BCUT2D eigenvalue weighted by Crippen LogP contribution is -2.15. The molecule has 2 aromatic heterocycles.